The minimum atomic E-state index is -0.942. The maximum Gasteiger partial charge on any atom is 0.162 e. The van der Waals surface area contributed by atoms with E-state index in [0.29, 0.717) is 6.42 Å². The van der Waals surface area contributed by atoms with Crippen LogP contribution in [-0.2, 0) is 0 Å². The maximum absolute atomic E-state index is 12.8. The van der Waals surface area contributed by atoms with Crippen LogP contribution in [0.4, 0.5) is 8.78 Å². The molecule has 16 heavy (non-hydrogen) atoms. The van der Waals surface area contributed by atoms with Crippen LogP contribution in [0.1, 0.15) is 6.42 Å². The summed E-state index contributed by atoms with van der Waals surface area (Å²) < 4.78 is 30.5. The Morgan fingerprint density at radius 1 is 1.44 bits per heavy atom. The molecule has 0 saturated heterocycles. The highest BCUT2D eigenvalue weighted by Gasteiger charge is 2.06. The van der Waals surface area contributed by atoms with E-state index in [1.807, 2.05) is 6.07 Å². The SMILES string of the molecule is CNC(C#N)CCOc1ccc(F)c(F)c1. The Balaban J connectivity index is 2.43. The molecule has 0 aromatic heterocycles. The summed E-state index contributed by atoms with van der Waals surface area (Å²) in [5, 5.41) is 11.4. The summed E-state index contributed by atoms with van der Waals surface area (Å²) in [5.74, 6) is -1.59. The molecular weight excluding hydrogens is 214 g/mol. The summed E-state index contributed by atoms with van der Waals surface area (Å²) in [4.78, 5) is 0. The molecule has 1 aromatic rings. The van der Waals surface area contributed by atoms with Crippen LogP contribution in [-0.4, -0.2) is 19.7 Å². The molecule has 0 spiro atoms. The van der Waals surface area contributed by atoms with Crippen molar-refractivity contribution in [1.82, 2.24) is 5.32 Å². The van der Waals surface area contributed by atoms with Gasteiger partial charge in [0.15, 0.2) is 11.6 Å². The van der Waals surface area contributed by atoms with E-state index < -0.39 is 11.6 Å². The van der Waals surface area contributed by atoms with Crippen molar-refractivity contribution in [3.63, 3.8) is 0 Å². The fourth-order valence-electron chi connectivity index (χ4n) is 1.13. The van der Waals surface area contributed by atoms with E-state index in [1.165, 1.54) is 6.07 Å². The number of rotatable bonds is 5. The van der Waals surface area contributed by atoms with Crippen molar-refractivity contribution in [3.8, 4) is 11.8 Å². The van der Waals surface area contributed by atoms with Gasteiger partial charge in [0.25, 0.3) is 0 Å². The van der Waals surface area contributed by atoms with Crippen molar-refractivity contribution in [3.05, 3.63) is 29.8 Å². The van der Waals surface area contributed by atoms with Crippen LogP contribution in [0.3, 0.4) is 0 Å². The lowest BCUT2D eigenvalue weighted by molar-refractivity contribution is 0.298. The van der Waals surface area contributed by atoms with E-state index in [4.69, 9.17) is 10.00 Å². The molecule has 0 bridgehead atoms. The van der Waals surface area contributed by atoms with Crippen molar-refractivity contribution in [2.24, 2.45) is 0 Å². The van der Waals surface area contributed by atoms with Gasteiger partial charge in [-0.3, -0.25) is 0 Å². The molecule has 1 atom stereocenters. The summed E-state index contributed by atoms with van der Waals surface area (Å²) >= 11 is 0. The highest BCUT2D eigenvalue weighted by Crippen LogP contribution is 2.15. The van der Waals surface area contributed by atoms with Crippen LogP contribution >= 0.6 is 0 Å². The number of halogens is 2. The van der Waals surface area contributed by atoms with Crippen LogP contribution in [0, 0.1) is 23.0 Å². The van der Waals surface area contributed by atoms with Gasteiger partial charge in [-0.2, -0.15) is 5.26 Å². The summed E-state index contributed by atoms with van der Waals surface area (Å²) in [6.07, 6.45) is 0.478. The van der Waals surface area contributed by atoms with Crippen molar-refractivity contribution < 1.29 is 13.5 Å². The second kappa shape index (κ2) is 6.03. The van der Waals surface area contributed by atoms with Crippen molar-refractivity contribution in [2.75, 3.05) is 13.7 Å². The first kappa shape index (κ1) is 12.4. The fraction of sp³-hybridized carbons (Fsp3) is 0.364. The molecule has 0 radical (unpaired) electrons. The number of nitriles is 1. The Bertz CT molecular complexity index is 390. The molecule has 1 rings (SSSR count). The highest BCUT2D eigenvalue weighted by molar-refractivity contribution is 5.23. The number of nitrogens with zero attached hydrogens (tertiary/aromatic N) is 1. The fourth-order valence-corrected chi connectivity index (χ4v) is 1.13. The van der Waals surface area contributed by atoms with Gasteiger partial charge in [-0.05, 0) is 19.2 Å². The zero-order chi connectivity index (χ0) is 12.0. The Labute approximate surface area is 92.6 Å². The largest absolute Gasteiger partial charge is 0.493 e. The molecule has 0 aliphatic heterocycles. The average Bonchev–Trinajstić information content (AvgIpc) is 2.29. The monoisotopic (exact) mass is 226 g/mol. The second-order valence-electron chi connectivity index (χ2n) is 3.18. The van der Waals surface area contributed by atoms with E-state index in [-0.39, 0.29) is 18.4 Å². The predicted molar refractivity (Wildman–Crippen MR) is 54.9 cm³/mol. The van der Waals surface area contributed by atoms with Crippen molar-refractivity contribution in [1.29, 1.82) is 5.26 Å². The van der Waals surface area contributed by atoms with Gasteiger partial charge in [-0.1, -0.05) is 0 Å². The Morgan fingerprint density at radius 2 is 2.19 bits per heavy atom. The quantitative estimate of drug-likeness (QED) is 0.833. The molecule has 0 aliphatic carbocycles. The van der Waals surface area contributed by atoms with Gasteiger partial charge >= 0.3 is 0 Å². The van der Waals surface area contributed by atoms with Crippen LogP contribution < -0.4 is 10.1 Å². The van der Waals surface area contributed by atoms with Gasteiger partial charge in [-0.25, -0.2) is 8.78 Å². The molecule has 1 unspecified atom stereocenters. The lowest BCUT2D eigenvalue weighted by atomic mass is 10.2. The number of nitrogens with one attached hydrogen (secondary N) is 1. The van der Waals surface area contributed by atoms with Crippen molar-refractivity contribution >= 4 is 0 Å². The van der Waals surface area contributed by atoms with Gasteiger partial charge in [0.2, 0.25) is 0 Å². The third kappa shape index (κ3) is 3.48. The third-order valence-corrected chi connectivity index (χ3v) is 2.07. The van der Waals surface area contributed by atoms with Crippen LogP contribution in [0.15, 0.2) is 18.2 Å². The van der Waals surface area contributed by atoms with E-state index in [0.717, 1.165) is 12.1 Å². The van der Waals surface area contributed by atoms with Gasteiger partial charge < -0.3 is 10.1 Å². The topological polar surface area (TPSA) is 45.0 Å². The van der Waals surface area contributed by atoms with E-state index in [1.54, 1.807) is 7.05 Å². The minimum absolute atomic E-state index is 0.256. The zero-order valence-electron chi connectivity index (χ0n) is 8.84. The number of hydrogen-bond acceptors (Lipinski definition) is 3. The molecule has 0 fully saturated rings. The lowest BCUT2D eigenvalue weighted by Crippen LogP contribution is -2.25. The Hall–Kier alpha value is -1.67. The Kier molecular flexibility index (Phi) is 4.67. The maximum atomic E-state index is 12.8. The molecule has 1 aromatic carbocycles. The highest BCUT2D eigenvalue weighted by atomic mass is 19.2. The molecule has 0 heterocycles. The predicted octanol–water partition coefficient (Wildman–Crippen LogP) is 1.85. The molecule has 3 nitrogen and oxygen atoms in total. The van der Waals surface area contributed by atoms with Crippen molar-refractivity contribution in [2.45, 2.75) is 12.5 Å². The van der Waals surface area contributed by atoms with Crippen LogP contribution in [0.25, 0.3) is 0 Å². The molecule has 1 N–H and O–H groups in total. The second-order valence-corrected chi connectivity index (χ2v) is 3.18. The van der Waals surface area contributed by atoms with Gasteiger partial charge in [0, 0.05) is 12.5 Å². The van der Waals surface area contributed by atoms with Crippen LogP contribution in [0.2, 0.25) is 0 Å². The minimum Gasteiger partial charge on any atom is -0.493 e. The van der Waals surface area contributed by atoms with E-state index >= 15 is 0 Å². The molecule has 0 aliphatic rings. The normalized spacial score (nSPS) is 11.9. The first-order chi connectivity index (χ1) is 7.67. The van der Waals surface area contributed by atoms with E-state index in [9.17, 15) is 8.78 Å². The third-order valence-electron chi connectivity index (χ3n) is 2.07. The standard InChI is InChI=1S/C11H12F2N2O/c1-15-8(7-14)4-5-16-9-2-3-10(12)11(13)6-9/h2-3,6,8,15H,4-5H2,1H3. The summed E-state index contributed by atoms with van der Waals surface area (Å²) in [7, 11) is 1.67. The molecule has 0 amide bonds. The average molecular weight is 226 g/mol. The van der Waals surface area contributed by atoms with Gasteiger partial charge in [0.1, 0.15) is 5.75 Å². The van der Waals surface area contributed by atoms with Gasteiger partial charge in [0.05, 0.1) is 18.7 Å². The number of ether oxygens (including phenoxy) is 1. The van der Waals surface area contributed by atoms with Gasteiger partial charge in [-0.15, -0.1) is 0 Å². The summed E-state index contributed by atoms with van der Waals surface area (Å²) in [6.45, 7) is 0.268. The van der Waals surface area contributed by atoms with Crippen LogP contribution in [0.5, 0.6) is 5.75 Å². The smallest absolute Gasteiger partial charge is 0.162 e. The summed E-state index contributed by atoms with van der Waals surface area (Å²) in [5.41, 5.74) is 0. The summed E-state index contributed by atoms with van der Waals surface area (Å²) in [6, 6.07) is 5.07. The van der Waals surface area contributed by atoms with E-state index in [2.05, 4.69) is 5.32 Å². The Morgan fingerprint density at radius 3 is 2.75 bits per heavy atom. The molecule has 0 saturated carbocycles. The number of hydrogen-bond donors (Lipinski definition) is 1. The molecule has 5 heteroatoms. The molecule has 86 valence electrons. The zero-order valence-corrected chi connectivity index (χ0v) is 8.84. The molecular formula is C11H12F2N2O. The first-order valence-corrected chi connectivity index (χ1v) is 4.82. The first-order valence-electron chi connectivity index (χ1n) is 4.82. The number of benzene rings is 1. The lowest BCUT2D eigenvalue weighted by Gasteiger charge is -2.09.